The van der Waals surface area contributed by atoms with Gasteiger partial charge in [-0.25, -0.2) is 27.3 Å². The summed E-state index contributed by atoms with van der Waals surface area (Å²) in [5.41, 5.74) is -3.06. The van der Waals surface area contributed by atoms with Crippen LogP contribution in [0, 0.1) is 15.9 Å². The molecule has 0 saturated carbocycles. The number of hydrogen-bond donors (Lipinski definition) is 1. The van der Waals surface area contributed by atoms with E-state index < -0.39 is 43.5 Å². The summed E-state index contributed by atoms with van der Waals surface area (Å²) in [7, 11) is -4.70. The van der Waals surface area contributed by atoms with E-state index in [1.807, 2.05) is 0 Å². The van der Waals surface area contributed by atoms with Crippen molar-refractivity contribution in [3.8, 4) is 0 Å². The van der Waals surface area contributed by atoms with Crippen molar-refractivity contribution in [3.63, 3.8) is 0 Å². The number of nitrogens with two attached hydrogens (primary N) is 1. The number of pyridine rings is 1. The van der Waals surface area contributed by atoms with Crippen LogP contribution in [0.2, 0.25) is 0 Å². The van der Waals surface area contributed by atoms with Crippen LogP contribution in [0.25, 0.3) is 0 Å². The molecule has 1 heterocycles. The average Bonchev–Trinajstić information content (AvgIpc) is 2.14. The van der Waals surface area contributed by atoms with Gasteiger partial charge in [-0.3, -0.25) is 10.1 Å². The number of halogens is 3. The molecule has 11 heteroatoms. The lowest BCUT2D eigenvalue weighted by Crippen LogP contribution is -2.18. The quantitative estimate of drug-likeness (QED) is 0.642. The van der Waals surface area contributed by atoms with E-state index in [1.54, 1.807) is 0 Å². The van der Waals surface area contributed by atoms with Gasteiger partial charge >= 0.3 is 5.69 Å². The van der Waals surface area contributed by atoms with E-state index in [0.717, 1.165) is 0 Å². The first kappa shape index (κ1) is 13.3. The Bertz CT molecular complexity index is 574. The largest absolute Gasteiger partial charge is 0.323 e. The average molecular weight is 271 g/mol. The van der Waals surface area contributed by atoms with Crippen molar-refractivity contribution in [2.24, 2.45) is 5.14 Å². The van der Waals surface area contributed by atoms with Crippen molar-refractivity contribution in [2.75, 3.05) is 0 Å². The smallest absolute Gasteiger partial charge is 0.258 e. The summed E-state index contributed by atoms with van der Waals surface area (Å²) in [4.78, 5) is 11.8. The third-order valence-corrected chi connectivity index (χ3v) is 2.54. The van der Waals surface area contributed by atoms with Gasteiger partial charge in [-0.05, 0) is 0 Å². The zero-order valence-electron chi connectivity index (χ0n) is 7.80. The van der Waals surface area contributed by atoms with Crippen LogP contribution in [0.15, 0.2) is 11.2 Å². The third-order valence-electron chi connectivity index (χ3n) is 1.68. The zero-order chi connectivity index (χ0) is 13.4. The number of alkyl halides is 2. The normalized spacial score (nSPS) is 11.8. The highest BCUT2D eigenvalue weighted by molar-refractivity contribution is 7.89. The fourth-order valence-corrected chi connectivity index (χ4v) is 1.71. The molecule has 7 nitrogen and oxygen atoms in total. The van der Waals surface area contributed by atoms with Crippen LogP contribution in [0.3, 0.4) is 0 Å². The van der Waals surface area contributed by atoms with Crippen molar-refractivity contribution < 1.29 is 26.5 Å². The van der Waals surface area contributed by atoms with Crippen molar-refractivity contribution in [3.05, 3.63) is 27.7 Å². The predicted molar refractivity (Wildman–Crippen MR) is 47.2 cm³/mol. The number of rotatable bonds is 3. The molecule has 0 unspecified atom stereocenters. The molecule has 2 N–H and O–H groups in total. The minimum absolute atomic E-state index is 0.209. The molecule has 0 aliphatic rings. The van der Waals surface area contributed by atoms with Gasteiger partial charge in [0.05, 0.1) is 10.5 Å². The van der Waals surface area contributed by atoms with Crippen LogP contribution in [0.4, 0.5) is 18.9 Å². The molecule has 0 aliphatic heterocycles. The van der Waals surface area contributed by atoms with Gasteiger partial charge in [0, 0.05) is 0 Å². The summed E-state index contributed by atoms with van der Waals surface area (Å²) in [5.74, 6) is -1.97. The Morgan fingerprint density at radius 3 is 2.35 bits per heavy atom. The first-order chi connectivity index (χ1) is 7.66. The third kappa shape index (κ3) is 2.50. The molecule has 1 rings (SSSR count). The maximum absolute atomic E-state index is 13.3. The monoisotopic (exact) mass is 271 g/mol. The van der Waals surface area contributed by atoms with Gasteiger partial charge in [0.25, 0.3) is 16.4 Å². The molecule has 94 valence electrons. The van der Waals surface area contributed by atoms with Crippen LogP contribution < -0.4 is 5.14 Å². The molecule has 17 heavy (non-hydrogen) atoms. The van der Waals surface area contributed by atoms with E-state index in [-0.39, 0.29) is 6.20 Å². The zero-order valence-corrected chi connectivity index (χ0v) is 8.62. The Labute approximate surface area is 92.3 Å². The second-order valence-corrected chi connectivity index (χ2v) is 4.26. The molecule has 0 spiro atoms. The van der Waals surface area contributed by atoms with Crippen LogP contribution in [-0.2, 0) is 10.0 Å². The number of sulfonamides is 1. The van der Waals surface area contributed by atoms with E-state index >= 15 is 0 Å². The number of aromatic nitrogens is 1. The standard InChI is InChI=1S/C6H4F3N3O4S/c7-4-2(12(13)14)1-11-6(17(10,15)16)3(4)5(8)9/h1,5H,(H2,10,15,16). The summed E-state index contributed by atoms with van der Waals surface area (Å²) in [6.45, 7) is 0. The molecular weight excluding hydrogens is 267 g/mol. The lowest BCUT2D eigenvalue weighted by molar-refractivity contribution is -0.388. The van der Waals surface area contributed by atoms with Crippen molar-refractivity contribution in [1.82, 2.24) is 4.98 Å². The van der Waals surface area contributed by atoms with Gasteiger partial charge in [-0.15, -0.1) is 0 Å². The van der Waals surface area contributed by atoms with E-state index in [0.29, 0.717) is 0 Å². The lowest BCUT2D eigenvalue weighted by Gasteiger charge is -2.06. The molecule has 0 radical (unpaired) electrons. The molecule has 0 amide bonds. The summed E-state index contributed by atoms with van der Waals surface area (Å²) >= 11 is 0. The maximum atomic E-state index is 13.3. The van der Waals surface area contributed by atoms with Crippen molar-refractivity contribution >= 4 is 15.7 Å². The first-order valence-electron chi connectivity index (χ1n) is 3.80. The molecule has 0 saturated heterocycles. The highest BCUT2D eigenvalue weighted by atomic mass is 32.2. The molecule has 0 fully saturated rings. The van der Waals surface area contributed by atoms with Crippen LogP contribution in [-0.4, -0.2) is 18.3 Å². The summed E-state index contributed by atoms with van der Waals surface area (Å²) in [5, 5.41) is 13.4. The summed E-state index contributed by atoms with van der Waals surface area (Å²) in [6.07, 6.45) is -3.39. The minimum atomic E-state index is -4.70. The van der Waals surface area contributed by atoms with Crippen LogP contribution in [0.5, 0.6) is 0 Å². The fourth-order valence-electron chi connectivity index (χ4n) is 1.02. The second kappa shape index (κ2) is 4.25. The maximum Gasteiger partial charge on any atom is 0.323 e. The van der Waals surface area contributed by atoms with Crippen LogP contribution in [0.1, 0.15) is 12.0 Å². The number of nitrogens with zero attached hydrogens (tertiary/aromatic N) is 2. The van der Waals surface area contributed by atoms with E-state index in [1.165, 1.54) is 0 Å². The number of nitro groups is 1. The predicted octanol–water partition coefficient (Wildman–Crippen LogP) is 0.714. The Morgan fingerprint density at radius 2 is 2.00 bits per heavy atom. The SMILES string of the molecule is NS(=O)(=O)c1ncc([N+](=O)[O-])c(F)c1C(F)F. The lowest BCUT2D eigenvalue weighted by atomic mass is 10.2. The van der Waals surface area contributed by atoms with Crippen molar-refractivity contribution in [2.45, 2.75) is 11.5 Å². The van der Waals surface area contributed by atoms with Gasteiger partial charge in [0.1, 0.15) is 6.20 Å². The Hall–Kier alpha value is -1.75. The minimum Gasteiger partial charge on any atom is -0.258 e. The molecule has 0 bridgehead atoms. The Morgan fingerprint density at radius 1 is 1.47 bits per heavy atom. The Kier molecular flexibility index (Phi) is 3.33. The van der Waals surface area contributed by atoms with Crippen molar-refractivity contribution in [1.29, 1.82) is 0 Å². The van der Waals surface area contributed by atoms with E-state index in [4.69, 9.17) is 0 Å². The Balaban J connectivity index is 3.69. The van der Waals surface area contributed by atoms with Gasteiger partial charge in [0.15, 0.2) is 5.03 Å². The van der Waals surface area contributed by atoms with Crippen LogP contribution >= 0.6 is 0 Å². The fraction of sp³-hybridized carbons (Fsp3) is 0.167. The van der Waals surface area contributed by atoms with Gasteiger partial charge < -0.3 is 0 Å². The first-order valence-corrected chi connectivity index (χ1v) is 5.34. The molecule has 0 aromatic carbocycles. The molecule has 0 atom stereocenters. The van der Waals surface area contributed by atoms with Gasteiger partial charge in [0.2, 0.25) is 5.82 Å². The summed E-state index contributed by atoms with van der Waals surface area (Å²) in [6, 6.07) is 0. The molecule has 1 aromatic rings. The number of primary sulfonamides is 1. The van der Waals surface area contributed by atoms with Gasteiger partial charge in [-0.2, -0.15) is 4.39 Å². The van der Waals surface area contributed by atoms with E-state index in [2.05, 4.69) is 10.1 Å². The highest BCUT2D eigenvalue weighted by Crippen LogP contribution is 2.31. The second-order valence-electron chi connectivity index (χ2n) is 2.78. The summed E-state index contributed by atoms with van der Waals surface area (Å²) < 4.78 is 59.8. The molecule has 1 aromatic heterocycles. The van der Waals surface area contributed by atoms with E-state index in [9.17, 15) is 31.7 Å². The van der Waals surface area contributed by atoms with Gasteiger partial charge in [-0.1, -0.05) is 0 Å². The molecular formula is C6H4F3N3O4S. The topological polar surface area (TPSA) is 116 Å². The number of hydrogen-bond acceptors (Lipinski definition) is 5. The highest BCUT2D eigenvalue weighted by Gasteiger charge is 2.32. The molecule has 0 aliphatic carbocycles.